The minimum absolute atomic E-state index is 0.188. The number of carbonyl (C=O) groups excluding carboxylic acids is 2. The van der Waals surface area contributed by atoms with Gasteiger partial charge in [0.1, 0.15) is 6.54 Å². The van der Waals surface area contributed by atoms with Crippen molar-refractivity contribution in [2.45, 2.75) is 12.6 Å². The van der Waals surface area contributed by atoms with Crippen LogP contribution in [0.15, 0.2) is 94.6 Å². The Hall–Kier alpha value is -4.72. The molecule has 2 heterocycles. The zero-order valence-corrected chi connectivity index (χ0v) is 17.9. The number of carbonyl (C=O) groups is 2. The van der Waals surface area contributed by atoms with E-state index < -0.39 is 35.5 Å². The number of Topliss-reactive ketones (excluding diaryl/α,β-unsaturated/α-hetero) is 1. The molecule has 0 aliphatic rings. The number of aromatic amines is 2. The second-order valence-corrected chi connectivity index (χ2v) is 7.77. The highest BCUT2D eigenvalue weighted by molar-refractivity contribution is 6.10. The molecule has 0 saturated carbocycles. The minimum atomic E-state index is -1.23. The fourth-order valence-electron chi connectivity index (χ4n) is 3.97. The molecule has 0 aliphatic heterocycles. The quantitative estimate of drug-likeness (QED) is 0.302. The number of para-hydroxylation sites is 1. The van der Waals surface area contributed by atoms with Gasteiger partial charge in [0.15, 0.2) is 6.10 Å². The molecule has 3 aromatic carbocycles. The summed E-state index contributed by atoms with van der Waals surface area (Å²) in [5, 5.41) is 3.53. The van der Waals surface area contributed by atoms with Crippen LogP contribution in [0.3, 0.4) is 0 Å². The van der Waals surface area contributed by atoms with Crippen LogP contribution < -0.4 is 11.1 Å². The van der Waals surface area contributed by atoms with E-state index in [2.05, 4.69) is 10.1 Å². The van der Waals surface area contributed by atoms with Crippen molar-refractivity contribution >= 4 is 33.4 Å². The maximum absolute atomic E-state index is 13.5. The number of ether oxygens (including phenoxy) is 1. The van der Waals surface area contributed by atoms with E-state index in [1.807, 2.05) is 24.3 Å². The van der Waals surface area contributed by atoms with E-state index in [9.17, 15) is 19.2 Å². The number of nitrogens with zero attached hydrogens (tertiary/aromatic N) is 1. The number of hydrogen-bond donors (Lipinski definition) is 2. The molecule has 168 valence electrons. The molecule has 1 atom stereocenters. The van der Waals surface area contributed by atoms with Gasteiger partial charge in [0.05, 0.1) is 10.8 Å². The molecule has 0 amide bonds. The Labute approximate surface area is 192 Å². The lowest BCUT2D eigenvalue weighted by molar-refractivity contribution is -0.148. The maximum Gasteiger partial charge on any atom is 0.328 e. The Morgan fingerprint density at radius 3 is 2.24 bits per heavy atom. The van der Waals surface area contributed by atoms with Crippen LogP contribution in [0.4, 0.5) is 0 Å². The molecule has 2 N–H and O–H groups in total. The van der Waals surface area contributed by atoms with Gasteiger partial charge in [0.2, 0.25) is 5.78 Å². The van der Waals surface area contributed by atoms with Gasteiger partial charge < -0.3 is 9.72 Å². The van der Waals surface area contributed by atoms with Crippen molar-refractivity contribution in [2.24, 2.45) is 0 Å². The van der Waals surface area contributed by atoms with E-state index in [0.29, 0.717) is 16.5 Å². The Morgan fingerprint density at radius 2 is 1.47 bits per heavy atom. The zero-order chi connectivity index (χ0) is 23.7. The van der Waals surface area contributed by atoms with Gasteiger partial charge in [-0.1, -0.05) is 60.7 Å². The zero-order valence-electron chi connectivity index (χ0n) is 17.9. The predicted molar refractivity (Wildman–Crippen MR) is 127 cm³/mol. The maximum atomic E-state index is 13.5. The summed E-state index contributed by atoms with van der Waals surface area (Å²) < 4.78 is 6.49. The van der Waals surface area contributed by atoms with Crippen molar-refractivity contribution < 1.29 is 14.3 Å². The minimum Gasteiger partial charge on any atom is -0.448 e. The van der Waals surface area contributed by atoms with Gasteiger partial charge in [-0.2, -0.15) is 0 Å². The molecular formula is C26H19N3O5. The average molecular weight is 453 g/mol. The lowest BCUT2D eigenvalue weighted by atomic mass is 9.99. The van der Waals surface area contributed by atoms with Crippen LogP contribution in [0.2, 0.25) is 0 Å². The molecule has 0 radical (unpaired) electrons. The van der Waals surface area contributed by atoms with Gasteiger partial charge in [-0.3, -0.25) is 24.3 Å². The molecule has 5 aromatic rings. The molecule has 5 rings (SSSR count). The smallest absolute Gasteiger partial charge is 0.328 e. The first kappa shape index (κ1) is 21.1. The third-order valence-corrected chi connectivity index (χ3v) is 5.62. The first-order chi connectivity index (χ1) is 16.5. The Kier molecular flexibility index (Phi) is 5.39. The number of ketones is 1. The van der Waals surface area contributed by atoms with Crippen molar-refractivity contribution in [3.8, 4) is 0 Å². The fraction of sp³-hybridized carbons (Fsp3) is 0.0769. The summed E-state index contributed by atoms with van der Waals surface area (Å²) in [6.45, 7) is -0.552. The molecule has 0 fully saturated rings. The van der Waals surface area contributed by atoms with Crippen molar-refractivity contribution in [1.29, 1.82) is 0 Å². The van der Waals surface area contributed by atoms with Crippen molar-refractivity contribution in [3.63, 3.8) is 0 Å². The first-order valence-corrected chi connectivity index (χ1v) is 10.6. The molecule has 0 bridgehead atoms. The van der Waals surface area contributed by atoms with Crippen molar-refractivity contribution in [1.82, 2.24) is 14.8 Å². The highest BCUT2D eigenvalue weighted by Crippen LogP contribution is 2.27. The highest BCUT2D eigenvalue weighted by atomic mass is 16.5. The van der Waals surface area contributed by atoms with Crippen LogP contribution in [0.1, 0.15) is 22.0 Å². The van der Waals surface area contributed by atoms with E-state index in [0.717, 1.165) is 10.2 Å². The molecular weight excluding hydrogens is 434 g/mol. The van der Waals surface area contributed by atoms with Gasteiger partial charge in [-0.25, -0.2) is 4.68 Å². The summed E-state index contributed by atoms with van der Waals surface area (Å²) in [4.78, 5) is 54.5. The van der Waals surface area contributed by atoms with Gasteiger partial charge in [-0.05, 0) is 18.2 Å². The van der Waals surface area contributed by atoms with Crippen LogP contribution in [0.25, 0.3) is 21.7 Å². The number of nitrogens with one attached hydrogen (secondary N) is 2. The number of benzene rings is 3. The summed E-state index contributed by atoms with van der Waals surface area (Å²) >= 11 is 0. The molecule has 0 spiro atoms. The lowest BCUT2D eigenvalue weighted by Gasteiger charge is -2.17. The van der Waals surface area contributed by atoms with Crippen LogP contribution >= 0.6 is 0 Å². The number of rotatable bonds is 6. The van der Waals surface area contributed by atoms with E-state index in [-0.39, 0.29) is 10.8 Å². The number of H-pyrrole nitrogens is 2. The third kappa shape index (κ3) is 3.81. The molecule has 34 heavy (non-hydrogen) atoms. The summed E-state index contributed by atoms with van der Waals surface area (Å²) in [6.07, 6.45) is 0.359. The van der Waals surface area contributed by atoms with Crippen molar-refractivity contribution in [3.05, 3.63) is 117 Å². The Morgan fingerprint density at radius 1 is 0.824 bits per heavy atom. The highest BCUT2D eigenvalue weighted by Gasteiger charge is 2.28. The van der Waals surface area contributed by atoms with E-state index >= 15 is 0 Å². The number of esters is 1. The molecule has 8 heteroatoms. The van der Waals surface area contributed by atoms with Gasteiger partial charge in [0, 0.05) is 28.2 Å². The van der Waals surface area contributed by atoms with Crippen LogP contribution in [0.5, 0.6) is 0 Å². The van der Waals surface area contributed by atoms with Crippen molar-refractivity contribution in [2.75, 3.05) is 0 Å². The second kappa shape index (κ2) is 8.67. The summed E-state index contributed by atoms with van der Waals surface area (Å²) in [7, 11) is 0. The van der Waals surface area contributed by atoms with Gasteiger partial charge >= 0.3 is 5.97 Å². The summed E-state index contributed by atoms with van der Waals surface area (Å²) in [6, 6.07) is 22.3. The van der Waals surface area contributed by atoms with Gasteiger partial charge in [-0.15, -0.1) is 0 Å². The molecule has 0 saturated heterocycles. The lowest BCUT2D eigenvalue weighted by Crippen LogP contribution is -2.33. The summed E-state index contributed by atoms with van der Waals surface area (Å²) in [5.74, 6) is -1.24. The number of fused-ring (bicyclic) bond motifs is 2. The first-order valence-electron chi connectivity index (χ1n) is 10.6. The second-order valence-electron chi connectivity index (χ2n) is 7.77. The van der Waals surface area contributed by atoms with E-state index in [1.165, 1.54) is 12.1 Å². The van der Waals surface area contributed by atoms with Crippen LogP contribution in [-0.4, -0.2) is 26.5 Å². The molecule has 2 aromatic heterocycles. The number of aromatic nitrogens is 3. The Balaban J connectivity index is 1.48. The molecule has 0 aliphatic carbocycles. The summed E-state index contributed by atoms with van der Waals surface area (Å²) in [5.41, 5.74) is 0.618. The molecule has 8 nitrogen and oxygen atoms in total. The molecule has 0 unspecified atom stereocenters. The number of hydrogen-bond acceptors (Lipinski definition) is 5. The SMILES string of the molecule is O=C(Cn1[nH]c(=O)c2ccccc2c1=O)O[C@H](C(=O)c1c[nH]c2ccccc12)c1ccccc1. The normalized spacial score (nSPS) is 12.0. The monoisotopic (exact) mass is 453 g/mol. The van der Waals surface area contributed by atoms with Gasteiger partial charge in [0.25, 0.3) is 11.1 Å². The average Bonchev–Trinajstić information content (AvgIpc) is 3.30. The standard InChI is InChI=1S/C26H19N3O5/c30-22(15-29-26(33)19-12-5-4-11-18(19)25(32)28-29)34-24(16-8-2-1-3-9-16)23(31)20-14-27-21-13-7-6-10-17(20)21/h1-14,24,27H,15H2,(H,28,32)/t24-/m0/s1. The fourth-order valence-corrected chi connectivity index (χ4v) is 3.97. The largest absolute Gasteiger partial charge is 0.448 e. The topological polar surface area (TPSA) is 114 Å². The van der Waals surface area contributed by atoms with E-state index in [1.54, 1.807) is 48.7 Å². The van der Waals surface area contributed by atoms with Crippen LogP contribution in [0, 0.1) is 0 Å². The van der Waals surface area contributed by atoms with Crippen LogP contribution in [-0.2, 0) is 16.1 Å². The van der Waals surface area contributed by atoms with E-state index in [4.69, 9.17) is 4.74 Å². The third-order valence-electron chi connectivity index (χ3n) is 5.62. The Bertz CT molecular complexity index is 1650. The predicted octanol–water partition coefficient (Wildman–Crippen LogP) is 3.34.